The second-order valence-electron chi connectivity index (χ2n) is 8.68. The number of carboxylic acids is 1. The van der Waals surface area contributed by atoms with E-state index in [0.717, 1.165) is 24.3 Å². The van der Waals surface area contributed by atoms with E-state index >= 15 is 0 Å². The van der Waals surface area contributed by atoms with Crippen LogP contribution in [-0.2, 0) is 14.4 Å². The Kier molecular flexibility index (Phi) is 13.1. The van der Waals surface area contributed by atoms with E-state index in [1.807, 2.05) is 0 Å². The van der Waals surface area contributed by atoms with Crippen molar-refractivity contribution in [1.29, 1.82) is 0 Å². The Bertz CT molecular complexity index is 1080. The van der Waals surface area contributed by atoms with E-state index in [0.29, 0.717) is 0 Å². The highest BCUT2D eigenvalue weighted by atomic mass is 19.4. The quantitative estimate of drug-likeness (QED) is 0.0549. The van der Waals surface area contributed by atoms with Crippen LogP contribution >= 0.6 is 0 Å². The van der Waals surface area contributed by atoms with Gasteiger partial charge in [0.1, 0.15) is 24.4 Å². The molecule has 0 aliphatic rings. The van der Waals surface area contributed by atoms with Crippen LogP contribution in [0.5, 0.6) is 5.75 Å². The summed E-state index contributed by atoms with van der Waals surface area (Å²) < 4.78 is 40.9. The number of halogens is 3. The summed E-state index contributed by atoms with van der Waals surface area (Å²) >= 11 is 0. The summed E-state index contributed by atoms with van der Waals surface area (Å²) in [5.41, 5.74) is 6.86. The summed E-state index contributed by atoms with van der Waals surface area (Å²) in [6.45, 7) is 2.74. The van der Waals surface area contributed by atoms with Gasteiger partial charge < -0.3 is 31.5 Å². The van der Waals surface area contributed by atoms with Crippen molar-refractivity contribution >= 4 is 29.7 Å². The number of carbonyl (C=O) groups is 4. The van der Waals surface area contributed by atoms with Gasteiger partial charge in [0, 0.05) is 12.1 Å². The molecule has 40 heavy (non-hydrogen) atoms. The third-order valence-electron chi connectivity index (χ3n) is 4.86. The van der Waals surface area contributed by atoms with Gasteiger partial charge in [0.05, 0.1) is 0 Å². The van der Waals surface area contributed by atoms with E-state index in [2.05, 4.69) is 25.7 Å². The SMILES string of the molecule is CC(C)C[C@H](NC(=O)[C@H](CCCN=C(N)N[N+](=O)[O-])NC(=O)c1ccc(OC(F)(F)F)cc1)C(=O)NCC(=O)O. The van der Waals surface area contributed by atoms with Gasteiger partial charge >= 0.3 is 12.3 Å². The Balaban J connectivity index is 3.05. The standard InChI is InChI=1S/C22H30F3N7O8/c1-12(2)10-16(19(36)28-11-17(33)34)30-20(37)15(4-3-9-27-21(26)31-32(38)39)29-18(35)13-5-7-14(8-6-13)40-22(23,24)25/h5-8,12,15-16H,3-4,9-11H2,1-2H3,(H,28,36)(H,29,35)(H,30,37)(H,33,34)(H3,26,27,31)/t15-,16-/m0/s1. The van der Waals surface area contributed by atoms with Gasteiger partial charge in [-0.1, -0.05) is 19.3 Å². The fourth-order valence-corrected chi connectivity index (χ4v) is 3.20. The molecular formula is C22H30F3N7O8. The normalized spacial score (nSPS) is 13.1. The van der Waals surface area contributed by atoms with Crippen molar-refractivity contribution in [3.63, 3.8) is 0 Å². The van der Waals surface area contributed by atoms with Gasteiger partial charge in [0.15, 0.2) is 5.03 Å². The number of ether oxygens (including phenoxy) is 1. The highest BCUT2D eigenvalue weighted by molar-refractivity contribution is 5.98. The zero-order chi connectivity index (χ0) is 30.5. The van der Waals surface area contributed by atoms with Crippen LogP contribution in [0.3, 0.4) is 0 Å². The molecule has 0 bridgehead atoms. The molecule has 0 unspecified atom stereocenters. The lowest BCUT2D eigenvalue weighted by Gasteiger charge is -2.24. The molecule has 0 fully saturated rings. The molecule has 0 heterocycles. The predicted molar refractivity (Wildman–Crippen MR) is 132 cm³/mol. The number of benzene rings is 1. The number of nitrogens with one attached hydrogen (secondary N) is 4. The molecule has 0 saturated carbocycles. The van der Waals surface area contributed by atoms with E-state index < -0.39 is 65.4 Å². The Morgan fingerprint density at radius 2 is 1.73 bits per heavy atom. The van der Waals surface area contributed by atoms with Gasteiger partial charge in [-0.3, -0.25) is 19.2 Å². The molecule has 0 saturated heterocycles. The highest BCUT2D eigenvalue weighted by Gasteiger charge is 2.31. The summed E-state index contributed by atoms with van der Waals surface area (Å²) in [6, 6.07) is 1.45. The number of nitrogens with zero attached hydrogens (tertiary/aromatic N) is 2. The number of nitro groups is 1. The number of aliphatic carboxylic acids is 1. The van der Waals surface area contributed by atoms with Gasteiger partial charge in [0.2, 0.25) is 11.8 Å². The van der Waals surface area contributed by atoms with Crippen LogP contribution in [0.4, 0.5) is 13.2 Å². The first-order valence-electron chi connectivity index (χ1n) is 11.7. The van der Waals surface area contributed by atoms with Gasteiger partial charge in [-0.2, -0.15) is 0 Å². The van der Waals surface area contributed by atoms with Crippen molar-refractivity contribution in [2.45, 2.75) is 51.6 Å². The molecular weight excluding hydrogens is 547 g/mol. The number of rotatable bonds is 15. The first-order valence-corrected chi connectivity index (χ1v) is 11.7. The number of hydrogen-bond donors (Lipinski definition) is 6. The smallest absolute Gasteiger partial charge is 0.480 e. The minimum atomic E-state index is -4.93. The molecule has 0 aliphatic heterocycles. The summed E-state index contributed by atoms with van der Waals surface area (Å²) in [5.74, 6) is -4.89. The zero-order valence-electron chi connectivity index (χ0n) is 21.5. The molecule has 1 rings (SSSR count). The molecule has 2 atom stereocenters. The first-order chi connectivity index (χ1) is 18.6. The number of carboxylic acid groups (broad SMARTS) is 1. The predicted octanol–water partition coefficient (Wildman–Crippen LogP) is 0.292. The average Bonchev–Trinajstić information content (AvgIpc) is 2.82. The topological polar surface area (TPSA) is 227 Å². The van der Waals surface area contributed by atoms with Crippen LogP contribution in [0.15, 0.2) is 29.3 Å². The number of nitrogens with two attached hydrogens (primary N) is 1. The molecule has 1 aromatic rings. The number of hydrazine groups is 1. The number of amides is 3. The van der Waals surface area contributed by atoms with Crippen molar-refractivity contribution < 1.29 is 47.2 Å². The third-order valence-corrected chi connectivity index (χ3v) is 4.86. The van der Waals surface area contributed by atoms with Gasteiger partial charge in [0.25, 0.3) is 11.9 Å². The van der Waals surface area contributed by atoms with Crippen molar-refractivity contribution in [2.24, 2.45) is 16.6 Å². The molecule has 15 nitrogen and oxygen atoms in total. The fourth-order valence-electron chi connectivity index (χ4n) is 3.20. The maximum absolute atomic E-state index is 13.1. The van der Waals surface area contributed by atoms with E-state index in [4.69, 9.17) is 10.8 Å². The fraction of sp³-hybridized carbons (Fsp3) is 0.500. The van der Waals surface area contributed by atoms with Crippen LogP contribution in [0, 0.1) is 16.0 Å². The monoisotopic (exact) mass is 577 g/mol. The molecule has 222 valence electrons. The molecule has 18 heteroatoms. The van der Waals surface area contributed by atoms with Crippen LogP contribution in [0.25, 0.3) is 0 Å². The molecule has 3 amide bonds. The maximum Gasteiger partial charge on any atom is 0.573 e. The summed E-state index contributed by atoms with van der Waals surface area (Å²) in [7, 11) is 0. The lowest BCUT2D eigenvalue weighted by Crippen LogP contribution is -2.54. The van der Waals surface area contributed by atoms with Gasteiger partial charge in [-0.25, -0.2) is 15.1 Å². The van der Waals surface area contributed by atoms with Crippen LogP contribution in [0.1, 0.15) is 43.5 Å². The lowest BCUT2D eigenvalue weighted by molar-refractivity contribution is -0.525. The number of aliphatic imine (C=N–C) groups is 1. The zero-order valence-corrected chi connectivity index (χ0v) is 21.5. The molecule has 7 N–H and O–H groups in total. The number of guanidine groups is 1. The summed E-state index contributed by atoms with van der Waals surface area (Å²) in [4.78, 5) is 63.3. The van der Waals surface area contributed by atoms with E-state index in [-0.39, 0.29) is 37.3 Å². The number of alkyl halides is 3. The first kappa shape index (κ1) is 33.4. The molecule has 0 aliphatic carbocycles. The minimum Gasteiger partial charge on any atom is -0.480 e. The largest absolute Gasteiger partial charge is 0.573 e. The van der Waals surface area contributed by atoms with Gasteiger partial charge in [-0.05, 0) is 49.4 Å². The second-order valence-corrected chi connectivity index (χ2v) is 8.68. The second kappa shape index (κ2) is 15.7. The van der Waals surface area contributed by atoms with Crippen molar-refractivity contribution in [2.75, 3.05) is 13.1 Å². The summed E-state index contributed by atoms with van der Waals surface area (Å²) in [5, 5.41) is 25.4. The molecule has 0 radical (unpaired) electrons. The Morgan fingerprint density at radius 1 is 1.10 bits per heavy atom. The highest BCUT2D eigenvalue weighted by Crippen LogP contribution is 2.22. The summed E-state index contributed by atoms with van der Waals surface area (Å²) in [6.07, 6.45) is -4.81. The van der Waals surface area contributed by atoms with E-state index in [9.17, 15) is 42.5 Å². The van der Waals surface area contributed by atoms with Crippen LogP contribution in [-0.4, -0.2) is 71.3 Å². The Hall–Kier alpha value is -4.64. The molecule has 0 aromatic heterocycles. The van der Waals surface area contributed by atoms with Gasteiger partial charge in [-0.15, -0.1) is 13.2 Å². The third kappa shape index (κ3) is 13.8. The number of hydrogen-bond acceptors (Lipinski definition) is 8. The van der Waals surface area contributed by atoms with Crippen LogP contribution in [0.2, 0.25) is 0 Å². The lowest BCUT2D eigenvalue weighted by atomic mass is 10.0. The van der Waals surface area contributed by atoms with Crippen molar-refractivity contribution in [1.82, 2.24) is 21.4 Å². The van der Waals surface area contributed by atoms with E-state index in [1.165, 1.54) is 0 Å². The van der Waals surface area contributed by atoms with Crippen molar-refractivity contribution in [3.8, 4) is 5.75 Å². The number of carbonyl (C=O) groups excluding carboxylic acids is 3. The molecule has 1 aromatic carbocycles. The average molecular weight is 578 g/mol. The maximum atomic E-state index is 13.1. The Labute approximate surface area is 225 Å². The minimum absolute atomic E-state index is 0.0802. The van der Waals surface area contributed by atoms with Crippen molar-refractivity contribution in [3.05, 3.63) is 39.9 Å². The molecule has 0 spiro atoms. The Morgan fingerprint density at radius 3 is 2.25 bits per heavy atom. The van der Waals surface area contributed by atoms with E-state index in [1.54, 1.807) is 19.3 Å². The van der Waals surface area contributed by atoms with Crippen LogP contribution < -0.4 is 31.8 Å².